The van der Waals surface area contributed by atoms with E-state index in [-0.39, 0.29) is 29.3 Å². The largest absolute Gasteiger partial charge is 0.504 e. The van der Waals surface area contributed by atoms with Crippen molar-refractivity contribution in [3.63, 3.8) is 0 Å². The first-order valence-electron chi connectivity index (χ1n) is 9.72. The number of amides is 2. The van der Waals surface area contributed by atoms with Crippen molar-refractivity contribution >= 4 is 50.9 Å². The van der Waals surface area contributed by atoms with E-state index in [2.05, 4.69) is 36.2 Å². The van der Waals surface area contributed by atoms with Gasteiger partial charge in [-0.15, -0.1) is 0 Å². The maximum Gasteiger partial charge on any atom is 0.293 e. The summed E-state index contributed by atoms with van der Waals surface area (Å²) in [5.41, 5.74) is 2.17. The molecular weight excluding hydrogens is 510 g/mol. The summed E-state index contributed by atoms with van der Waals surface area (Å²) in [4.78, 5) is 38.0. The van der Waals surface area contributed by atoms with Crippen molar-refractivity contribution in [1.29, 1.82) is 0 Å². The Labute approximate surface area is 202 Å². The number of ether oxygens (including phenoxy) is 1. The molecule has 1 saturated heterocycles. The number of hydrogen-bond donors (Lipinski definition) is 2. The van der Waals surface area contributed by atoms with E-state index < -0.39 is 0 Å². The molecule has 2 N–H and O–H groups in total. The fourth-order valence-corrected chi connectivity index (χ4v) is 4.09. The van der Waals surface area contributed by atoms with Gasteiger partial charge in [0.25, 0.3) is 11.1 Å². The standard InChI is InChI=1S/C22H18BrN5O4S/c1-28-20(30)19(33-22(28)31)7-14-6-18(17(29)8-16(14)23)32-12-13-9-25-21(26-10-13)27-11-15-4-2-3-5-24-15/h2-10,29H,11-12H2,1H3,(H,25,26,27)/b19-7-. The number of nitrogens with one attached hydrogen (secondary N) is 1. The highest BCUT2D eigenvalue weighted by Crippen LogP contribution is 2.37. The number of nitrogens with zero attached hydrogens (tertiary/aromatic N) is 4. The summed E-state index contributed by atoms with van der Waals surface area (Å²) in [7, 11) is 1.43. The molecule has 0 radical (unpaired) electrons. The molecule has 3 heterocycles. The molecule has 2 aromatic heterocycles. The molecule has 0 atom stereocenters. The average Bonchev–Trinajstić information content (AvgIpc) is 3.06. The average molecular weight is 528 g/mol. The summed E-state index contributed by atoms with van der Waals surface area (Å²) < 4.78 is 6.30. The maximum absolute atomic E-state index is 12.1. The minimum Gasteiger partial charge on any atom is -0.504 e. The van der Waals surface area contributed by atoms with Gasteiger partial charge in [-0.1, -0.05) is 22.0 Å². The highest BCUT2D eigenvalue weighted by molar-refractivity contribution is 9.10. The first-order chi connectivity index (χ1) is 15.9. The van der Waals surface area contributed by atoms with Gasteiger partial charge < -0.3 is 15.2 Å². The zero-order valence-corrected chi connectivity index (χ0v) is 19.8. The van der Waals surface area contributed by atoms with Crippen LogP contribution in [-0.2, 0) is 17.9 Å². The topological polar surface area (TPSA) is 118 Å². The zero-order chi connectivity index (χ0) is 23.4. The van der Waals surface area contributed by atoms with Crippen molar-refractivity contribution in [3.05, 3.63) is 75.1 Å². The predicted molar refractivity (Wildman–Crippen MR) is 127 cm³/mol. The number of carbonyl (C=O) groups is 2. The first-order valence-corrected chi connectivity index (χ1v) is 11.3. The normalized spacial score (nSPS) is 14.7. The van der Waals surface area contributed by atoms with Gasteiger partial charge in [0.2, 0.25) is 5.95 Å². The summed E-state index contributed by atoms with van der Waals surface area (Å²) in [6, 6.07) is 8.73. The molecule has 0 spiro atoms. The lowest BCUT2D eigenvalue weighted by atomic mass is 10.2. The molecule has 0 unspecified atom stereocenters. The van der Waals surface area contributed by atoms with E-state index in [9.17, 15) is 14.7 Å². The second kappa shape index (κ2) is 10.0. The minimum absolute atomic E-state index is 0.0720. The van der Waals surface area contributed by atoms with E-state index in [4.69, 9.17) is 4.74 Å². The molecule has 0 bridgehead atoms. The SMILES string of the molecule is CN1C(=O)S/C(=C\c2cc(OCc3cnc(NCc4ccccn4)nc3)c(O)cc2Br)C1=O. The maximum atomic E-state index is 12.1. The van der Waals surface area contributed by atoms with Crippen LogP contribution in [0, 0.1) is 0 Å². The van der Waals surface area contributed by atoms with Crippen LogP contribution in [0.5, 0.6) is 11.5 Å². The van der Waals surface area contributed by atoms with Crippen molar-refractivity contribution in [3.8, 4) is 11.5 Å². The van der Waals surface area contributed by atoms with Crippen molar-refractivity contribution in [2.75, 3.05) is 12.4 Å². The number of phenols is 1. The number of pyridine rings is 1. The van der Waals surface area contributed by atoms with Gasteiger partial charge in [0.15, 0.2) is 11.5 Å². The number of likely N-dealkylation sites (N-methyl/N-ethyl adjacent to an activating group) is 1. The van der Waals surface area contributed by atoms with Gasteiger partial charge in [-0.05, 0) is 47.7 Å². The Morgan fingerprint density at radius 2 is 2.00 bits per heavy atom. The second-order valence-corrected chi connectivity index (χ2v) is 8.81. The molecule has 4 rings (SSSR count). The van der Waals surface area contributed by atoms with Crippen molar-refractivity contribution in [2.45, 2.75) is 13.2 Å². The lowest BCUT2D eigenvalue weighted by Gasteiger charge is -2.11. The van der Waals surface area contributed by atoms with Crippen LogP contribution in [0.1, 0.15) is 16.8 Å². The summed E-state index contributed by atoms with van der Waals surface area (Å²) in [5, 5.41) is 13.0. The fourth-order valence-electron chi connectivity index (χ4n) is 2.83. The Bertz CT molecular complexity index is 1220. The van der Waals surface area contributed by atoms with Crippen LogP contribution < -0.4 is 10.1 Å². The Hall–Kier alpha value is -3.44. The third-order valence-electron chi connectivity index (χ3n) is 4.60. The number of aromatic nitrogens is 3. The molecule has 1 aliphatic rings. The third kappa shape index (κ3) is 5.49. The second-order valence-electron chi connectivity index (χ2n) is 6.96. The van der Waals surface area contributed by atoms with Gasteiger partial charge in [-0.3, -0.25) is 19.5 Å². The lowest BCUT2D eigenvalue weighted by Crippen LogP contribution is -2.22. The Morgan fingerprint density at radius 1 is 1.21 bits per heavy atom. The quantitative estimate of drug-likeness (QED) is 0.435. The van der Waals surface area contributed by atoms with Crippen LogP contribution in [0.2, 0.25) is 0 Å². The number of aromatic hydroxyl groups is 1. The number of hydrogen-bond acceptors (Lipinski definition) is 9. The van der Waals surface area contributed by atoms with Crippen LogP contribution in [-0.4, -0.2) is 43.2 Å². The van der Waals surface area contributed by atoms with Crippen LogP contribution in [0.25, 0.3) is 6.08 Å². The van der Waals surface area contributed by atoms with Gasteiger partial charge >= 0.3 is 0 Å². The molecule has 1 aromatic carbocycles. The monoisotopic (exact) mass is 527 g/mol. The molecule has 1 aliphatic heterocycles. The van der Waals surface area contributed by atoms with Crippen molar-refractivity contribution < 1.29 is 19.4 Å². The molecule has 0 aliphatic carbocycles. The first kappa shape index (κ1) is 22.7. The number of halogens is 1. The molecule has 0 saturated carbocycles. The molecule has 3 aromatic rings. The molecule has 11 heteroatoms. The summed E-state index contributed by atoms with van der Waals surface area (Å²) in [6.45, 7) is 0.630. The van der Waals surface area contributed by atoms with Gasteiger partial charge in [0.1, 0.15) is 6.61 Å². The predicted octanol–water partition coefficient (Wildman–Crippen LogP) is 4.20. The van der Waals surface area contributed by atoms with E-state index in [0.717, 1.165) is 22.4 Å². The number of anilines is 1. The molecule has 1 fully saturated rings. The molecule has 168 valence electrons. The minimum atomic E-state index is -0.374. The van der Waals surface area contributed by atoms with Crippen LogP contribution >= 0.6 is 27.7 Å². The molecule has 9 nitrogen and oxygen atoms in total. The number of carbonyl (C=O) groups excluding carboxylic acids is 2. The van der Waals surface area contributed by atoms with Crippen LogP contribution in [0.15, 0.2) is 58.3 Å². The third-order valence-corrected chi connectivity index (χ3v) is 6.25. The number of rotatable bonds is 7. The van der Waals surface area contributed by atoms with E-state index in [1.54, 1.807) is 30.7 Å². The Kier molecular flexibility index (Phi) is 6.90. The van der Waals surface area contributed by atoms with E-state index >= 15 is 0 Å². The van der Waals surface area contributed by atoms with Crippen molar-refractivity contribution in [1.82, 2.24) is 19.9 Å². The Morgan fingerprint density at radius 3 is 2.67 bits per heavy atom. The lowest BCUT2D eigenvalue weighted by molar-refractivity contribution is -0.121. The summed E-state index contributed by atoms with van der Waals surface area (Å²) in [5.74, 6) is 0.235. The number of phenolic OH excluding ortho intramolecular Hbond substituents is 1. The summed E-state index contributed by atoms with van der Waals surface area (Å²) in [6.07, 6.45) is 6.56. The highest BCUT2D eigenvalue weighted by Gasteiger charge is 2.32. The van der Waals surface area contributed by atoms with E-state index in [0.29, 0.717) is 33.0 Å². The zero-order valence-electron chi connectivity index (χ0n) is 17.4. The summed E-state index contributed by atoms with van der Waals surface area (Å²) >= 11 is 4.22. The smallest absolute Gasteiger partial charge is 0.293 e. The number of thioether (sulfide) groups is 1. The fraction of sp³-hybridized carbons (Fsp3) is 0.136. The molecule has 2 amide bonds. The van der Waals surface area contributed by atoms with Gasteiger partial charge in [0, 0.05) is 35.7 Å². The van der Waals surface area contributed by atoms with Crippen LogP contribution in [0.3, 0.4) is 0 Å². The van der Waals surface area contributed by atoms with Gasteiger partial charge in [0.05, 0.1) is 17.1 Å². The highest BCUT2D eigenvalue weighted by atomic mass is 79.9. The van der Waals surface area contributed by atoms with Gasteiger partial charge in [-0.25, -0.2) is 9.97 Å². The molecule has 33 heavy (non-hydrogen) atoms. The van der Waals surface area contributed by atoms with E-state index in [1.807, 2.05) is 18.2 Å². The van der Waals surface area contributed by atoms with E-state index in [1.165, 1.54) is 13.1 Å². The number of imide groups is 1. The van der Waals surface area contributed by atoms with Gasteiger partial charge in [-0.2, -0.15) is 0 Å². The Balaban J connectivity index is 1.41. The number of benzene rings is 1. The van der Waals surface area contributed by atoms with Crippen molar-refractivity contribution in [2.24, 2.45) is 0 Å². The molecular formula is C22H18BrN5O4S. The van der Waals surface area contributed by atoms with Crippen LogP contribution in [0.4, 0.5) is 10.7 Å².